The van der Waals surface area contributed by atoms with E-state index in [1.165, 1.54) is 28.4 Å². The summed E-state index contributed by atoms with van der Waals surface area (Å²) < 4.78 is 8.92. The molecule has 16 nitrogen and oxygen atoms in total. The van der Waals surface area contributed by atoms with E-state index in [9.17, 15) is 29.5 Å². The van der Waals surface area contributed by atoms with Gasteiger partial charge < -0.3 is 36.7 Å². The highest BCUT2D eigenvalue weighted by Crippen LogP contribution is 2.46. The van der Waals surface area contributed by atoms with Gasteiger partial charge in [-0.3, -0.25) is 24.3 Å². The van der Waals surface area contributed by atoms with Gasteiger partial charge in [0.2, 0.25) is 23.3 Å². The Kier molecular flexibility index (Phi) is 10.5. The van der Waals surface area contributed by atoms with Crippen LogP contribution in [0, 0.1) is 0 Å². The molecule has 0 spiro atoms. The number of nitrogens with two attached hydrogens (primary N) is 1. The minimum atomic E-state index is -1.59. The second-order valence-corrected chi connectivity index (χ2v) is 13.5. The number of carbonyl (C=O) groups excluding carboxylic acids is 3. The molecule has 2 aromatic heterocycles. The average Bonchev–Trinajstić information content (AvgIpc) is 3.70. The van der Waals surface area contributed by atoms with Crippen molar-refractivity contribution in [2.75, 3.05) is 30.3 Å². The Labute approximate surface area is 267 Å². The molecule has 7 N–H and O–H groups in total. The van der Waals surface area contributed by atoms with E-state index in [0.717, 1.165) is 41.5 Å². The van der Waals surface area contributed by atoms with E-state index in [1.54, 1.807) is 24.0 Å². The van der Waals surface area contributed by atoms with Crippen molar-refractivity contribution in [3.63, 3.8) is 0 Å². The molecule has 5 heterocycles. The number of aromatic nitrogens is 3. The summed E-state index contributed by atoms with van der Waals surface area (Å²) in [6, 6.07) is 2.43. The Morgan fingerprint density at radius 2 is 2.18 bits per heavy atom. The Bertz CT molecular complexity index is 1500. The zero-order chi connectivity index (χ0) is 31.2. The standard InChI is InChI=1S/C24H27N9O7S4/c25-23-30-17(32-44-23)15(31-39)19(35)29-16-20(36)33-21(40-24(37)38)14(10-42-22(16)33)43-13-4-2-6-27-12(13)9-41-8-7-28-18(34)11-3-1-5-26-11/h2,4,6,11,16,22,26,39H,1,3,5,7-10H2,(H,28,34)(H,29,35)(H,37,38)(H2,25,30,32)/b31-15-/t11-,16+,22-/m0/s1. The van der Waals surface area contributed by atoms with Gasteiger partial charge in [-0.1, -0.05) is 16.9 Å². The number of β-lactam (4-membered cyclic amide) rings is 1. The summed E-state index contributed by atoms with van der Waals surface area (Å²) in [6.07, 6.45) is 1.90. The van der Waals surface area contributed by atoms with Crippen LogP contribution in [-0.4, -0.2) is 101 Å². The minimum absolute atomic E-state index is 0.00848. The van der Waals surface area contributed by atoms with Gasteiger partial charge in [-0.05, 0) is 31.5 Å². The molecule has 234 valence electrons. The highest BCUT2D eigenvalue weighted by atomic mass is 32.2. The van der Waals surface area contributed by atoms with Gasteiger partial charge in [0.15, 0.2) is 5.13 Å². The lowest BCUT2D eigenvalue weighted by molar-refractivity contribution is -0.148. The Morgan fingerprint density at radius 3 is 2.89 bits per heavy atom. The second-order valence-electron chi connectivity index (χ2n) is 9.40. The summed E-state index contributed by atoms with van der Waals surface area (Å²) in [7, 11) is 0. The summed E-state index contributed by atoms with van der Waals surface area (Å²) in [5.41, 5.74) is 5.78. The van der Waals surface area contributed by atoms with Crippen LogP contribution in [0.15, 0.2) is 39.2 Å². The third kappa shape index (κ3) is 7.20. The molecular formula is C24H27N9O7S4. The first kappa shape index (κ1) is 31.8. The number of oxime groups is 1. The Hall–Kier alpha value is -3.59. The SMILES string of the molecule is Nc1nc(/C(=N/O)C(=O)N[C@@H]2C(=O)N3C(OC(=O)O)=C(Sc4cccnc4CSCCNC(=O)[C@@H]4CCCN4)CS[C@@H]23)ns1. The third-order valence-corrected chi connectivity index (χ3v) is 10.7. The fourth-order valence-corrected chi connectivity index (χ4v) is 8.37. The fourth-order valence-electron chi connectivity index (χ4n) is 4.54. The summed E-state index contributed by atoms with van der Waals surface area (Å²) in [6.45, 7) is 1.37. The van der Waals surface area contributed by atoms with Crippen molar-refractivity contribution in [2.24, 2.45) is 5.16 Å². The number of thioether (sulfide) groups is 3. The number of nitrogen functional groups attached to an aromatic ring is 1. The lowest BCUT2D eigenvalue weighted by atomic mass is 10.1. The van der Waals surface area contributed by atoms with E-state index >= 15 is 0 Å². The molecule has 0 saturated carbocycles. The van der Waals surface area contributed by atoms with Crippen molar-refractivity contribution < 1.29 is 34.2 Å². The van der Waals surface area contributed by atoms with Gasteiger partial charge in [0.1, 0.15) is 11.4 Å². The number of anilines is 1. The number of rotatable bonds is 12. The average molecular weight is 682 g/mol. The summed E-state index contributed by atoms with van der Waals surface area (Å²) in [5, 5.41) is 29.7. The number of nitrogens with one attached hydrogen (secondary N) is 3. The van der Waals surface area contributed by atoms with Crippen LogP contribution in [0.1, 0.15) is 24.4 Å². The lowest BCUT2D eigenvalue weighted by Gasteiger charge is -2.48. The van der Waals surface area contributed by atoms with Gasteiger partial charge in [-0.25, -0.2) is 4.79 Å². The van der Waals surface area contributed by atoms with Crippen LogP contribution in [0.2, 0.25) is 0 Å². The molecule has 3 aliphatic rings. The highest BCUT2D eigenvalue weighted by molar-refractivity contribution is 8.06. The van der Waals surface area contributed by atoms with Crippen LogP contribution in [0.4, 0.5) is 9.93 Å². The predicted octanol–water partition coefficient (Wildman–Crippen LogP) is 0.851. The maximum absolute atomic E-state index is 13.2. The summed E-state index contributed by atoms with van der Waals surface area (Å²) in [5.74, 6) is -0.336. The van der Waals surface area contributed by atoms with Crippen LogP contribution >= 0.6 is 46.8 Å². The van der Waals surface area contributed by atoms with Gasteiger partial charge in [-0.2, -0.15) is 21.1 Å². The number of hydrogen-bond acceptors (Lipinski definition) is 16. The molecule has 3 amide bonds. The van der Waals surface area contributed by atoms with E-state index in [2.05, 4.69) is 35.4 Å². The molecule has 3 aliphatic heterocycles. The largest absolute Gasteiger partial charge is 0.512 e. The quantitative estimate of drug-likeness (QED) is 0.0455. The van der Waals surface area contributed by atoms with E-state index < -0.39 is 35.1 Å². The van der Waals surface area contributed by atoms with Crippen molar-refractivity contribution in [3.05, 3.63) is 40.6 Å². The van der Waals surface area contributed by atoms with Gasteiger partial charge in [0.25, 0.3) is 11.8 Å². The first-order valence-corrected chi connectivity index (χ1v) is 17.0. The smallest absolute Gasteiger partial charge is 0.449 e. The number of fused-ring (bicyclic) bond motifs is 1. The number of ether oxygens (including phenoxy) is 1. The molecule has 5 rings (SSSR count). The molecule has 2 aromatic rings. The second kappa shape index (κ2) is 14.5. The minimum Gasteiger partial charge on any atom is -0.449 e. The molecule has 44 heavy (non-hydrogen) atoms. The number of pyridine rings is 1. The monoisotopic (exact) mass is 681 g/mol. The van der Waals surface area contributed by atoms with Crippen LogP contribution in [-0.2, 0) is 24.9 Å². The number of nitrogens with zero attached hydrogens (tertiary/aromatic N) is 5. The normalized spacial score (nSPS) is 21.5. The molecule has 3 atom stereocenters. The highest BCUT2D eigenvalue weighted by Gasteiger charge is 2.54. The number of carbonyl (C=O) groups is 4. The van der Waals surface area contributed by atoms with Gasteiger partial charge in [0.05, 0.1) is 16.6 Å². The summed E-state index contributed by atoms with van der Waals surface area (Å²) in [4.78, 5) is 60.4. The lowest BCUT2D eigenvalue weighted by Crippen LogP contribution is -2.70. The maximum atomic E-state index is 13.2. The van der Waals surface area contributed by atoms with Crippen molar-refractivity contribution in [2.45, 2.75) is 40.9 Å². The molecule has 2 saturated heterocycles. The number of hydrogen-bond donors (Lipinski definition) is 6. The molecular weight excluding hydrogens is 655 g/mol. The first-order chi connectivity index (χ1) is 21.3. The molecule has 2 fully saturated rings. The third-order valence-electron chi connectivity index (χ3n) is 6.57. The maximum Gasteiger partial charge on any atom is 0.512 e. The zero-order valence-electron chi connectivity index (χ0n) is 22.8. The molecule has 0 radical (unpaired) electrons. The van der Waals surface area contributed by atoms with Crippen molar-refractivity contribution in [1.29, 1.82) is 0 Å². The summed E-state index contributed by atoms with van der Waals surface area (Å²) >= 11 is 4.95. The number of amides is 3. The topological polar surface area (TPSA) is 234 Å². The predicted molar refractivity (Wildman–Crippen MR) is 164 cm³/mol. The first-order valence-electron chi connectivity index (χ1n) is 13.2. The van der Waals surface area contributed by atoms with E-state index in [4.69, 9.17) is 10.5 Å². The fraction of sp³-hybridized carbons (Fsp3) is 0.417. The van der Waals surface area contributed by atoms with E-state index in [0.29, 0.717) is 23.0 Å². The van der Waals surface area contributed by atoms with Crippen molar-refractivity contribution in [1.82, 2.24) is 35.2 Å². The van der Waals surface area contributed by atoms with E-state index in [1.807, 2.05) is 6.07 Å². The van der Waals surface area contributed by atoms with Gasteiger partial charge in [0, 0.05) is 46.4 Å². The van der Waals surface area contributed by atoms with Crippen LogP contribution in [0.3, 0.4) is 0 Å². The molecule has 0 bridgehead atoms. The van der Waals surface area contributed by atoms with Gasteiger partial charge in [-0.15, -0.1) is 11.8 Å². The molecule has 0 aromatic carbocycles. The molecule has 0 aliphatic carbocycles. The Balaban J connectivity index is 1.22. The van der Waals surface area contributed by atoms with Crippen LogP contribution in [0.5, 0.6) is 0 Å². The van der Waals surface area contributed by atoms with Crippen molar-refractivity contribution >= 4 is 81.5 Å². The number of carboxylic acid groups (broad SMARTS) is 1. The van der Waals surface area contributed by atoms with Crippen LogP contribution in [0.25, 0.3) is 0 Å². The van der Waals surface area contributed by atoms with Crippen molar-refractivity contribution in [3.8, 4) is 0 Å². The van der Waals surface area contributed by atoms with E-state index in [-0.39, 0.29) is 34.5 Å². The van der Waals surface area contributed by atoms with Crippen LogP contribution < -0.4 is 21.7 Å². The Morgan fingerprint density at radius 1 is 1.34 bits per heavy atom. The molecule has 0 unspecified atom stereocenters. The molecule has 20 heteroatoms. The zero-order valence-corrected chi connectivity index (χ0v) is 26.1. The van der Waals surface area contributed by atoms with Gasteiger partial charge >= 0.3 is 6.16 Å².